The third kappa shape index (κ3) is 4.49. The van der Waals surface area contributed by atoms with E-state index in [9.17, 15) is 4.79 Å². The van der Waals surface area contributed by atoms with Crippen molar-refractivity contribution < 1.29 is 14.6 Å². The van der Waals surface area contributed by atoms with Gasteiger partial charge in [-0.1, -0.05) is 24.3 Å². The van der Waals surface area contributed by atoms with Crippen LogP contribution in [0.5, 0.6) is 11.5 Å². The fourth-order valence-corrected chi connectivity index (χ4v) is 1.99. The predicted octanol–water partition coefficient (Wildman–Crippen LogP) is 3.33. The maximum atomic E-state index is 12.1. The summed E-state index contributed by atoms with van der Waals surface area (Å²) in [5.74, 6) is 1.38. The number of benzene rings is 2. The molecular weight excluding hydrogens is 280 g/mol. The first-order valence-electron chi connectivity index (χ1n) is 7.22. The normalized spacial score (nSPS) is 10.1. The number of carbonyl (C=O) groups is 1. The Morgan fingerprint density at radius 3 is 2.55 bits per heavy atom. The number of urea groups is 1. The lowest BCUT2D eigenvalue weighted by Crippen LogP contribution is -2.36. The number of anilines is 1. The van der Waals surface area contributed by atoms with Crippen LogP contribution in [0.2, 0.25) is 0 Å². The first-order valence-corrected chi connectivity index (χ1v) is 7.22. The summed E-state index contributed by atoms with van der Waals surface area (Å²) in [6.07, 6.45) is 0. The standard InChI is InChI=1S/C17H20N2O3/c1-2-19(11-12-20)17(21)18-14-7-6-10-16(13-14)22-15-8-4-3-5-9-15/h3-10,13,20H,2,11-12H2,1H3,(H,18,21). The van der Waals surface area contributed by atoms with Crippen LogP contribution in [-0.4, -0.2) is 35.7 Å². The van der Waals surface area contributed by atoms with Crippen molar-refractivity contribution in [2.24, 2.45) is 0 Å². The molecule has 5 nitrogen and oxygen atoms in total. The third-order valence-electron chi connectivity index (χ3n) is 3.10. The molecule has 2 N–H and O–H groups in total. The lowest BCUT2D eigenvalue weighted by molar-refractivity contribution is 0.192. The van der Waals surface area contributed by atoms with Crippen molar-refractivity contribution in [3.63, 3.8) is 0 Å². The third-order valence-corrected chi connectivity index (χ3v) is 3.10. The molecule has 116 valence electrons. The molecule has 22 heavy (non-hydrogen) atoms. The second-order valence-electron chi connectivity index (χ2n) is 4.68. The van der Waals surface area contributed by atoms with E-state index in [1.165, 1.54) is 4.90 Å². The topological polar surface area (TPSA) is 61.8 Å². The van der Waals surface area contributed by atoms with E-state index in [0.29, 0.717) is 24.5 Å². The molecule has 2 rings (SSSR count). The molecule has 0 radical (unpaired) electrons. The fraction of sp³-hybridized carbons (Fsp3) is 0.235. The minimum atomic E-state index is -0.242. The minimum Gasteiger partial charge on any atom is -0.457 e. The van der Waals surface area contributed by atoms with Crippen LogP contribution in [0.25, 0.3) is 0 Å². The van der Waals surface area contributed by atoms with Crippen LogP contribution in [-0.2, 0) is 0 Å². The van der Waals surface area contributed by atoms with E-state index < -0.39 is 0 Å². The molecular formula is C17H20N2O3. The van der Waals surface area contributed by atoms with Gasteiger partial charge in [-0.2, -0.15) is 0 Å². The zero-order valence-corrected chi connectivity index (χ0v) is 12.5. The Hall–Kier alpha value is -2.53. The maximum Gasteiger partial charge on any atom is 0.321 e. The number of ether oxygens (including phenoxy) is 1. The smallest absolute Gasteiger partial charge is 0.321 e. The molecule has 0 saturated heterocycles. The first-order chi connectivity index (χ1) is 10.7. The van der Waals surface area contributed by atoms with E-state index in [0.717, 1.165) is 5.75 Å². The van der Waals surface area contributed by atoms with Crippen molar-refractivity contribution in [3.8, 4) is 11.5 Å². The van der Waals surface area contributed by atoms with E-state index in [1.54, 1.807) is 12.1 Å². The summed E-state index contributed by atoms with van der Waals surface area (Å²) in [6.45, 7) is 2.65. The van der Waals surface area contributed by atoms with Gasteiger partial charge in [-0.3, -0.25) is 0 Å². The number of aliphatic hydroxyl groups excluding tert-OH is 1. The summed E-state index contributed by atoms with van der Waals surface area (Å²) in [7, 11) is 0. The monoisotopic (exact) mass is 300 g/mol. The van der Waals surface area contributed by atoms with Crippen LogP contribution in [0.15, 0.2) is 54.6 Å². The molecule has 0 fully saturated rings. The summed E-state index contributed by atoms with van der Waals surface area (Å²) in [4.78, 5) is 13.6. The molecule has 0 saturated carbocycles. The van der Waals surface area contributed by atoms with E-state index >= 15 is 0 Å². The van der Waals surface area contributed by atoms with Crippen molar-refractivity contribution >= 4 is 11.7 Å². The summed E-state index contributed by atoms with van der Waals surface area (Å²) >= 11 is 0. The molecule has 0 bridgehead atoms. The molecule has 2 aromatic carbocycles. The SMILES string of the molecule is CCN(CCO)C(=O)Nc1cccc(Oc2ccccc2)c1. The van der Waals surface area contributed by atoms with Crippen LogP contribution < -0.4 is 10.1 Å². The molecule has 0 aromatic heterocycles. The second-order valence-corrected chi connectivity index (χ2v) is 4.68. The van der Waals surface area contributed by atoms with Crippen molar-refractivity contribution in [1.29, 1.82) is 0 Å². The Morgan fingerprint density at radius 1 is 1.14 bits per heavy atom. The highest BCUT2D eigenvalue weighted by Gasteiger charge is 2.11. The van der Waals surface area contributed by atoms with Crippen molar-refractivity contribution in [3.05, 3.63) is 54.6 Å². The number of nitrogens with one attached hydrogen (secondary N) is 1. The van der Waals surface area contributed by atoms with Crippen molar-refractivity contribution in [2.45, 2.75) is 6.92 Å². The Kier molecular flexibility index (Phi) is 5.80. The highest BCUT2D eigenvalue weighted by atomic mass is 16.5. The lowest BCUT2D eigenvalue weighted by atomic mass is 10.3. The average Bonchev–Trinajstić information content (AvgIpc) is 2.53. The lowest BCUT2D eigenvalue weighted by Gasteiger charge is -2.20. The van der Waals surface area contributed by atoms with E-state index in [4.69, 9.17) is 9.84 Å². The average molecular weight is 300 g/mol. The summed E-state index contributed by atoms with van der Waals surface area (Å²) < 4.78 is 5.73. The van der Waals surface area contributed by atoms with E-state index in [2.05, 4.69) is 5.32 Å². The Morgan fingerprint density at radius 2 is 1.86 bits per heavy atom. The largest absolute Gasteiger partial charge is 0.457 e. The number of amides is 2. The van der Waals surface area contributed by atoms with Crippen LogP contribution in [0.3, 0.4) is 0 Å². The Balaban J connectivity index is 2.03. The summed E-state index contributed by atoms with van der Waals surface area (Å²) in [6, 6.07) is 16.4. The van der Waals surface area contributed by atoms with Crippen LogP contribution in [0.4, 0.5) is 10.5 Å². The molecule has 0 aliphatic rings. The van der Waals surface area contributed by atoms with Gasteiger partial charge in [0.1, 0.15) is 11.5 Å². The van der Waals surface area contributed by atoms with Gasteiger partial charge < -0.3 is 20.1 Å². The number of aliphatic hydroxyl groups is 1. The quantitative estimate of drug-likeness (QED) is 0.860. The zero-order valence-electron chi connectivity index (χ0n) is 12.5. The number of rotatable bonds is 6. The van der Waals surface area contributed by atoms with Crippen LogP contribution in [0, 0.1) is 0 Å². The highest BCUT2D eigenvalue weighted by Crippen LogP contribution is 2.23. The van der Waals surface area contributed by atoms with Crippen LogP contribution >= 0.6 is 0 Å². The molecule has 0 unspecified atom stereocenters. The van der Waals surface area contributed by atoms with Gasteiger partial charge in [0.05, 0.1) is 6.61 Å². The van der Waals surface area contributed by atoms with Gasteiger partial charge in [0.2, 0.25) is 0 Å². The molecule has 0 spiro atoms. The molecule has 2 aromatic rings. The molecule has 2 amide bonds. The maximum absolute atomic E-state index is 12.1. The Bertz CT molecular complexity index is 602. The van der Waals surface area contributed by atoms with Crippen molar-refractivity contribution in [2.75, 3.05) is 25.0 Å². The van der Waals surface area contributed by atoms with Gasteiger partial charge in [0, 0.05) is 24.8 Å². The Labute approximate surface area is 130 Å². The first kappa shape index (κ1) is 15.9. The minimum absolute atomic E-state index is 0.0571. The van der Waals surface area contributed by atoms with Crippen LogP contribution in [0.1, 0.15) is 6.92 Å². The van der Waals surface area contributed by atoms with Gasteiger partial charge >= 0.3 is 6.03 Å². The number of likely N-dealkylation sites (N-methyl/N-ethyl adjacent to an activating group) is 1. The van der Waals surface area contributed by atoms with Gasteiger partial charge in [-0.25, -0.2) is 4.79 Å². The van der Waals surface area contributed by atoms with Gasteiger partial charge in [0.15, 0.2) is 0 Å². The molecule has 0 heterocycles. The van der Waals surface area contributed by atoms with Gasteiger partial charge in [0.25, 0.3) is 0 Å². The van der Waals surface area contributed by atoms with E-state index in [1.807, 2.05) is 49.4 Å². The number of nitrogens with zero attached hydrogens (tertiary/aromatic N) is 1. The van der Waals surface area contributed by atoms with Gasteiger partial charge in [-0.15, -0.1) is 0 Å². The molecule has 0 atom stereocenters. The molecule has 0 aliphatic heterocycles. The highest BCUT2D eigenvalue weighted by molar-refractivity contribution is 5.89. The number of carbonyl (C=O) groups excluding carboxylic acids is 1. The number of hydrogen-bond acceptors (Lipinski definition) is 3. The zero-order chi connectivity index (χ0) is 15.8. The second kappa shape index (κ2) is 8.05. The predicted molar refractivity (Wildman–Crippen MR) is 86.3 cm³/mol. The number of hydrogen-bond donors (Lipinski definition) is 2. The number of para-hydroxylation sites is 1. The fourth-order valence-electron chi connectivity index (χ4n) is 1.99. The summed E-state index contributed by atoms with van der Waals surface area (Å²) in [5.41, 5.74) is 0.648. The van der Waals surface area contributed by atoms with Crippen molar-refractivity contribution in [1.82, 2.24) is 4.90 Å². The van der Waals surface area contributed by atoms with E-state index in [-0.39, 0.29) is 12.6 Å². The summed E-state index contributed by atoms with van der Waals surface area (Å²) in [5, 5.41) is 11.7. The molecule has 5 heteroatoms. The molecule has 0 aliphatic carbocycles. The van der Waals surface area contributed by atoms with Gasteiger partial charge in [-0.05, 0) is 31.2 Å².